The first-order valence-corrected chi connectivity index (χ1v) is 8.04. The number of fused-ring (bicyclic) bond motifs is 1. The highest BCUT2D eigenvalue weighted by molar-refractivity contribution is 5.95. The molecule has 0 aliphatic carbocycles. The van der Waals surface area contributed by atoms with Gasteiger partial charge in [-0.15, -0.1) is 0 Å². The van der Waals surface area contributed by atoms with Crippen molar-refractivity contribution in [3.63, 3.8) is 0 Å². The van der Waals surface area contributed by atoms with Gasteiger partial charge in [0, 0.05) is 50.2 Å². The summed E-state index contributed by atoms with van der Waals surface area (Å²) in [6.07, 6.45) is 2.74. The molecule has 0 spiro atoms. The van der Waals surface area contributed by atoms with Gasteiger partial charge in [-0.1, -0.05) is 12.1 Å². The van der Waals surface area contributed by atoms with E-state index in [2.05, 4.69) is 27.7 Å². The number of aryl methyl sites for hydroxylation is 1. The van der Waals surface area contributed by atoms with Crippen molar-refractivity contribution < 1.29 is 4.79 Å². The number of anilines is 1. The Hall–Kier alpha value is -2.82. The van der Waals surface area contributed by atoms with Crippen LogP contribution in [0, 0.1) is 6.92 Å². The third kappa shape index (κ3) is 3.40. The Morgan fingerprint density at radius 2 is 2.00 bits per heavy atom. The second-order valence-corrected chi connectivity index (χ2v) is 6.08. The van der Waals surface area contributed by atoms with Gasteiger partial charge in [0.05, 0.1) is 5.69 Å². The van der Waals surface area contributed by atoms with Gasteiger partial charge in [-0.05, 0) is 37.3 Å². The number of carbonyl (C=O) groups excluding carboxylic acids is 1. The number of imidazole rings is 1. The maximum Gasteiger partial charge on any atom is 0.251 e. The Morgan fingerprint density at radius 1 is 1.21 bits per heavy atom. The molecule has 0 fully saturated rings. The summed E-state index contributed by atoms with van der Waals surface area (Å²) in [5.41, 5.74) is 4.75. The molecular formula is C19H22N4O. The summed E-state index contributed by atoms with van der Waals surface area (Å²) in [5, 5.41) is 2.97. The third-order valence-corrected chi connectivity index (χ3v) is 4.04. The quantitative estimate of drug-likeness (QED) is 0.786. The minimum absolute atomic E-state index is 0.0568. The van der Waals surface area contributed by atoms with Gasteiger partial charge < -0.3 is 14.6 Å². The molecule has 0 unspecified atom stereocenters. The maximum absolute atomic E-state index is 12.3. The molecule has 0 aliphatic heterocycles. The topological polar surface area (TPSA) is 49.6 Å². The summed E-state index contributed by atoms with van der Waals surface area (Å²) in [6, 6.07) is 13.6. The highest BCUT2D eigenvalue weighted by atomic mass is 16.1. The molecule has 5 heteroatoms. The smallest absolute Gasteiger partial charge is 0.251 e. The summed E-state index contributed by atoms with van der Waals surface area (Å²) in [7, 11) is 3.92. The Labute approximate surface area is 141 Å². The molecule has 0 saturated heterocycles. The van der Waals surface area contributed by atoms with E-state index in [1.807, 2.05) is 61.6 Å². The number of aromatic nitrogens is 2. The monoisotopic (exact) mass is 322 g/mol. The van der Waals surface area contributed by atoms with E-state index in [0.29, 0.717) is 18.5 Å². The lowest BCUT2D eigenvalue weighted by Gasteiger charge is -2.13. The van der Waals surface area contributed by atoms with Crippen molar-refractivity contribution in [2.75, 3.05) is 25.5 Å². The molecule has 3 aromatic rings. The lowest BCUT2D eigenvalue weighted by molar-refractivity contribution is 0.0954. The number of rotatable bonds is 5. The van der Waals surface area contributed by atoms with Crippen molar-refractivity contribution in [3.8, 4) is 0 Å². The highest BCUT2D eigenvalue weighted by Crippen LogP contribution is 2.13. The van der Waals surface area contributed by atoms with Crippen molar-refractivity contribution in [2.24, 2.45) is 0 Å². The molecule has 0 aliphatic rings. The minimum atomic E-state index is -0.0568. The maximum atomic E-state index is 12.3. The van der Waals surface area contributed by atoms with Crippen LogP contribution in [0.15, 0.2) is 48.7 Å². The Kier molecular flexibility index (Phi) is 4.51. The van der Waals surface area contributed by atoms with E-state index in [1.54, 1.807) is 0 Å². The number of hydrogen-bond acceptors (Lipinski definition) is 3. The van der Waals surface area contributed by atoms with Gasteiger partial charge >= 0.3 is 0 Å². The number of nitrogens with one attached hydrogen (secondary N) is 1. The summed E-state index contributed by atoms with van der Waals surface area (Å²) in [5.74, 6) is -0.0568. The number of amides is 1. The molecule has 1 aromatic carbocycles. The van der Waals surface area contributed by atoms with Crippen molar-refractivity contribution in [2.45, 2.75) is 13.3 Å². The van der Waals surface area contributed by atoms with Gasteiger partial charge in [0.15, 0.2) is 0 Å². The molecular weight excluding hydrogens is 300 g/mol. The predicted molar refractivity (Wildman–Crippen MR) is 96.7 cm³/mol. The molecule has 1 N–H and O–H groups in total. The fourth-order valence-electron chi connectivity index (χ4n) is 2.65. The van der Waals surface area contributed by atoms with Crippen molar-refractivity contribution in [1.82, 2.24) is 14.7 Å². The van der Waals surface area contributed by atoms with Crippen LogP contribution in [-0.4, -0.2) is 35.9 Å². The Morgan fingerprint density at radius 3 is 2.75 bits per heavy atom. The molecule has 0 saturated carbocycles. The van der Waals surface area contributed by atoms with Crippen LogP contribution in [0.3, 0.4) is 0 Å². The average Bonchev–Trinajstić information content (AvgIpc) is 2.99. The van der Waals surface area contributed by atoms with Gasteiger partial charge in [-0.2, -0.15) is 0 Å². The lowest BCUT2D eigenvalue weighted by atomic mass is 10.2. The summed E-state index contributed by atoms with van der Waals surface area (Å²) in [4.78, 5) is 18.8. The number of hydrogen-bond donors (Lipinski definition) is 1. The molecule has 0 bridgehead atoms. The molecule has 1 amide bonds. The van der Waals surface area contributed by atoms with Crippen molar-refractivity contribution in [3.05, 3.63) is 65.6 Å². The van der Waals surface area contributed by atoms with Crippen LogP contribution in [0.1, 0.15) is 21.7 Å². The zero-order valence-electron chi connectivity index (χ0n) is 14.3. The van der Waals surface area contributed by atoms with Crippen LogP contribution in [0.4, 0.5) is 5.69 Å². The van der Waals surface area contributed by atoms with E-state index in [-0.39, 0.29) is 5.91 Å². The fourth-order valence-corrected chi connectivity index (χ4v) is 2.65. The average molecular weight is 322 g/mol. The minimum Gasteiger partial charge on any atom is -0.378 e. The second kappa shape index (κ2) is 6.74. The van der Waals surface area contributed by atoms with E-state index in [9.17, 15) is 4.79 Å². The highest BCUT2D eigenvalue weighted by Gasteiger charge is 2.08. The normalized spacial score (nSPS) is 10.8. The van der Waals surface area contributed by atoms with E-state index >= 15 is 0 Å². The van der Waals surface area contributed by atoms with Crippen molar-refractivity contribution >= 4 is 17.2 Å². The van der Waals surface area contributed by atoms with E-state index in [4.69, 9.17) is 0 Å². The van der Waals surface area contributed by atoms with Crippen LogP contribution in [0.25, 0.3) is 5.65 Å². The van der Waals surface area contributed by atoms with Crippen LogP contribution < -0.4 is 10.2 Å². The largest absolute Gasteiger partial charge is 0.378 e. The molecule has 0 radical (unpaired) electrons. The van der Waals surface area contributed by atoms with E-state index in [1.165, 1.54) is 0 Å². The van der Waals surface area contributed by atoms with Gasteiger partial charge in [0.1, 0.15) is 5.65 Å². The Balaban J connectivity index is 1.62. The zero-order valence-corrected chi connectivity index (χ0v) is 14.3. The molecule has 24 heavy (non-hydrogen) atoms. The molecule has 2 aromatic heterocycles. The predicted octanol–water partition coefficient (Wildman–Crippen LogP) is 2.68. The van der Waals surface area contributed by atoms with Crippen LogP contribution in [0.5, 0.6) is 0 Å². The first-order chi connectivity index (χ1) is 11.5. The van der Waals surface area contributed by atoms with Crippen molar-refractivity contribution in [1.29, 1.82) is 0 Å². The van der Waals surface area contributed by atoms with E-state index in [0.717, 1.165) is 22.7 Å². The molecule has 0 atom stereocenters. The van der Waals surface area contributed by atoms with Gasteiger partial charge in [0.25, 0.3) is 5.91 Å². The second-order valence-electron chi connectivity index (χ2n) is 6.08. The van der Waals surface area contributed by atoms with E-state index < -0.39 is 0 Å². The molecule has 124 valence electrons. The number of benzene rings is 1. The van der Waals surface area contributed by atoms with Gasteiger partial charge in [-0.25, -0.2) is 4.98 Å². The number of carbonyl (C=O) groups is 1. The Bertz CT molecular complexity index is 867. The standard InChI is InChI=1S/C19H22N4O/c1-14-6-4-9-18-21-16(13-23(14)18)10-11-20-19(24)15-7-5-8-17(12-15)22(2)3/h4-9,12-13H,10-11H2,1-3H3,(H,20,24). The third-order valence-electron chi connectivity index (χ3n) is 4.04. The molecule has 2 heterocycles. The fraction of sp³-hybridized carbons (Fsp3) is 0.263. The lowest BCUT2D eigenvalue weighted by Crippen LogP contribution is -2.26. The van der Waals surface area contributed by atoms with Crippen LogP contribution in [-0.2, 0) is 6.42 Å². The zero-order chi connectivity index (χ0) is 17.1. The number of pyridine rings is 1. The number of nitrogens with zero attached hydrogens (tertiary/aromatic N) is 3. The summed E-state index contributed by atoms with van der Waals surface area (Å²) < 4.78 is 2.07. The van der Waals surface area contributed by atoms with Crippen LogP contribution in [0.2, 0.25) is 0 Å². The first-order valence-electron chi connectivity index (χ1n) is 8.04. The SMILES string of the molecule is Cc1cccc2nc(CCNC(=O)c3cccc(N(C)C)c3)cn12. The first kappa shape index (κ1) is 16.1. The molecule has 3 rings (SSSR count). The van der Waals surface area contributed by atoms with Gasteiger partial charge in [0.2, 0.25) is 0 Å². The summed E-state index contributed by atoms with van der Waals surface area (Å²) in [6.45, 7) is 2.62. The summed E-state index contributed by atoms with van der Waals surface area (Å²) >= 11 is 0. The van der Waals surface area contributed by atoms with Gasteiger partial charge in [-0.3, -0.25) is 4.79 Å². The van der Waals surface area contributed by atoms with Crippen LogP contribution >= 0.6 is 0 Å². The molecule has 5 nitrogen and oxygen atoms in total.